The predicted octanol–water partition coefficient (Wildman–Crippen LogP) is 5.05. The van der Waals surface area contributed by atoms with Gasteiger partial charge in [-0.25, -0.2) is 0 Å². The Kier molecular flexibility index (Phi) is 8.69. The molecule has 0 aromatic heterocycles. The molecule has 2 aliphatic rings. The molecular formula is C27H41N3O3. The first-order valence-corrected chi connectivity index (χ1v) is 12.8. The van der Waals surface area contributed by atoms with Crippen molar-refractivity contribution in [2.45, 2.75) is 97.2 Å². The van der Waals surface area contributed by atoms with E-state index in [0.29, 0.717) is 25.2 Å². The van der Waals surface area contributed by atoms with Crippen molar-refractivity contribution in [2.75, 3.05) is 5.32 Å². The number of para-hydroxylation sites is 1. The lowest BCUT2D eigenvalue weighted by Crippen LogP contribution is -2.58. The molecule has 0 spiro atoms. The van der Waals surface area contributed by atoms with Crippen molar-refractivity contribution in [3.63, 3.8) is 0 Å². The Morgan fingerprint density at radius 3 is 2.55 bits per heavy atom. The van der Waals surface area contributed by atoms with Gasteiger partial charge in [0.05, 0.1) is 17.7 Å². The van der Waals surface area contributed by atoms with Crippen molar-refractivity contribution in [1.29, 1.82) is 0 Å². The molecule has 2 amide bonds. The van der Waals surface area contributed by atoms with Crippen LogP contribution in [0.25, 0.3) is 0 Å². The number of anilines is 1. The number of aliphatic hydroxyl groups is 1. The first kappa shape index (κ1) is 25.4. The van der Waals surface area contributed by atoms with Crippen LogP contribution in [0.3, 0.4) is 0 Å². The van der Waals surface area contributed by atoms with E-state index in [0.717, 1.165) is 55.5 Å². The average Bonchev–Trinajstić information content (AvgIpc) is 3.62. The topological polar surface area (TPSA) is 90.8 Å². The van der Waals surface area contributed by atoms with Crippen LogP contribution in [0.5, 0.6) is 0 Å². The van der Waals surface area contributed by atoms with Crippen molar-refractivity contribution in [3.05, 3.63) is 29.8 Å². The van der Waals surface area contributed by atoms with Gasteiger partial charge in [-0.05, 0) is 37.2 Å². The number of hydrogen-bond donors (Lipinski definition) is 3. The van der Waals surface area contributed by atoms with Crippen molar-refractivity contribution in [1.82, 2.24) is 5.32 Å². The Labute approximate surface area is 198 Å². The molecule has 0 radical (unpaired) electrons. The predicted molar refractivity (Wildman–Crippen MR) is 133 cm³/mol. The smallest absolute Gasteiger partial charge is 0.272 e. The van der Waals surface area contributed by atoms with Crippen LogP contribution >= 0.6 is 0 Å². The third-order valence-electron chi connectivity index (χ3n) is 6.85. The van der Waals surface area contributed by atoms with E-state index in [2.05, 4.69) is 38.3 Å². The SMILES string of the molecule is CCCC[C@H](O)[C@@H](CC1CC1)C(=O)NC1(CCCC)N=C(C(C)C)c2ccccc2NC1=O. The summed E-state index contributed by atoms with van der Waals surface area (Å²) in [6.45, 7) is 8.26. The lowest BCUT2D eigenvalue weighted by molar-refractivity contribution is -0.136. The highest BCUT2D eigenvalue weighted by atomic mass is 16.3. The zero-order valence-electron chi connectivity index (χ0n) is 20.7. The van der Waals surface area contributed by atoms with Gasteiger partial charge in [-0.15, -0.1) is 0 Å². The molecule has 3 atom stereocenters. The van der Waals surface area contributed by atoms with Crippen LogP contribution in [0.1, 0.15) is 91.0 Å². The van der Waals surface area contributed by atoms with Gasteiger partial charge in [0.15, 0.2) is 0 Å². The summed E-state index contributed by atoms with van der Waals surface area (Å²) in [5.74, 6) is -0.506. The minimum Gasteiger partial charge on any atom is -0.392 e. The maximum absolute atomic E-state index is 13.6. The van der Waals surface area contributed by atoms with E-state index in [1.807, 2.05) is 24.3 Å². The number of aliphatic imine (C=N–C) groups is 1. The molecule has 1 aliphatic heterocycles. The van der Waals surface area contributed by atoms with E-state index in [9.17, 15) is 14.7 Å². The number of rotatable bonds is 12. The third kappa shape index (κ3) is 6.23. The first-order valence-electron chi connectivity index (χ1n) is 12.8. The fraction of sp³-hybridized carbons (Fsp3) is 0.667. The van der Waals surface area contributed by atoms with Crippen molar-refractivity contribution >= 4 is 23.2 Å². The van der Waals surface area contributed by atoms with Crippen LogP contribution < -0.4 is 10.6 Å². The van der Waals surface area contributed by atoms with Gasteiger partial charge in [0.1, 0.15) is 0 Å². The second-order valence-corrected chi connectivity index (χ2v) is 10.1. The van der Waals surface area contributed by atoms with Gasteiger partial charge < -0.3 is 15.7 Å². The molecule has 1 aromatic rings. The number of carbonyl (C=O) groups excluding carboxylic acids is 2. The highest BCUT2D eigenvalue weighted by Crippen LogP contribution is 2.38. The molecule has 6 nitrogen and oxygen atoms in total. The zero-order chi connectivity index (χ0) is 24.0. The summed E-state index contributed by atoms with van der Waals surface area (Å²) in [5.41, 5.74) is 1.05. The van der Waals surface area contributed by atoms with Crippen molar-refractivity contribution < 1.29 is 14.7 Å². The number of fused-ring (bicyclic) bond motifs is 1. The van der Waals surface area contributed by atoms with Gasteiger partial charge in [0, 0.05) is 17.7 Å². The van der Waals surface area contributed by atoms with Crippen LogP contribution in [0.4, 0.5) is 5.69 Å². The standard InChI is InChI=1S/C27H41N3O3/c1-5-7-13-23(31)21(17-19-14-15-19)25(32)30-27(16-8-6-2)26(33)28-22-12-10-9-11-20(22)24(29-27)18(3)4/h9-12,18-19,21,23,31H,5-8,13-17H2,1-4H3,(H,28,33)(H,30,32)/t21-,23+,27?/m1/s1. The zero-order valence-corrected chi connectivity index (χ0v) is 20.7. The molecule has 0 saturated heterocycles. The number of hydrogen-bond acceptors (Lipinski definition) is 4. The first-order chi connectivity index (χ1) is 15.8. The second-order valence-electron chi connectivity index (χ2n) is 10.1. The summed E-state index contributed by atoms with van der Waals surface area (Å²) in [6.07, 6.45) is 6.69. The van der Waals surface area contributed by atoms with E-state index in [-0.39, 0.29) is 17.7 Å². The van der Waals surface area contributed by atoms with E-state index >= 15 is 0 Å². The highest BCUT2D eigenvalue weighted by molar-refractivity contribution is 6.14. The summed E-state index contributed by atoms with van der Waals surface area (Å²) >= 11 is 0. The molecule has 1 saturated carbocycles. The summed E-state index contributed by atoms with van der Waals surface area (Å²) < 4.78 is 0. The van der Waals surface area contributed by atoms with Gasteiger partial charge in [-0.2, -0.15) is 0 Å². The molecule has 3 N–H and O–H groups in total. The molecule has 1 fully saturated rings. The molecule has 6 heteroatoms. The summed E-state index contributed by atoms with van der Waals surface area (Å²) in [5, 5.41) is 17.0. The maximum atomic E-state index is 13.6. The maximum Gasteiger partial charge on any atom is 0.272 e. The van der Waals surface area contributed by atoms with Crippen molar-refractivity contribution in [2.24, 2.45) is 22.7 Å². The largest absolute Gasteiger partial charge is 0.392 e. The van der Waals surface area contributed by atoms with E-state index in [4.69, 9.17) is 4.99 Å². The van der Waals surface area contributed by atoms with E-state index in [1.165, 1.54) is 0 Å². The highest BCUT2D eigenvalue weighted by Gasteiger charge is 2.44. The molecule has 1 aliphatic carbocycles. The quantitative estimate of drug-likeness (QED) is 0.412. The number of carbonyl (C=O) groups is 2. The molecule has 33 heavy (non-hydrogen) atoms. The van der Waals surface area contributed by atoms with Crippen molar-refractivity contribution in [3.8, 4) is 0 Å². The van der Waals surface area contributed by atoms with E-state index < -0.39 is 17.7 Å². The Hall–Kier alpha value is -2.21. The molecular weight excluding hydrogens is 414 g/mol. The number of benzene rings is 1. The van der Waals surface area contributed by atoms with Gasteiger partial charge in [-0.1, -0.05) is 78.0 Å². The Morgan fingerprint density at radius 2 is 1.91 bits per heavy atom. The molecule has 1 heterocycles. The summed E-state index contributed by atoms with van der Waals surface area (Å²) in [7, 11) is 0. The van der Waals surface area contributed by atoms with Crippen LogP contribution in [0.2, 0.25) is 0 Å². The number of benzodiazepines with no additional fused rings is 1. The molecule has 3 rings (SSSR count). The number of amides is 2. The van der Waals surface area contributed by atoms with Crippen LogP contribution in [-0.4, -0.2) is 34.4 Å². The fourth-order valence-electron chi connectivity index (χ4n) is 4.61. The average molecular weight is 456 g/mol. The Balaban J connectivity index is 1.97. The lowest BCUT2D eigenvalue weighted by Gasteiger charge is -2.32. The number of unbranched alkanes of at least 4 members (excludes halogenated alkanes) is 2. The molecule has 1 unspecified atom stereocenters. The van der Waals surface area contributed by atoms with Crippen LogP contribution in [0.15, 0.2) is 29.3 Å². The van der Waals surface area contributed by atoms with Gasteiger partial charge >= 0.3 is 0 Å². The molecule has 0 bridgehead atoms. The fourth-order valence-corrected chi connectivity index (χ4v) is 4.61. The normalized spacial score (nSPS) is 22.1. The molecule has 1 aromatic carbocycles. The third-order valence-corrected chi connectivity index (χ3v) is 6.85. The minimum atomic E-state index is -1.38. The Morgan fingerprint density at radius 1 is 1.21 bits per heavy atom. The van der Waals surface area contributed by atoms with Crippen LogP contribution in [-0.2, 0) is 9.59 Å². The van der Waals surface area contributed by atoms with E-state index in [1.54, 1.807) is 0 Å². The Bertz CT molecular complexity index is 862. The number of aliphatic hydroxyl groups excluding tert-OH is 1. The summed E-state index contributed by atoms with van der Waals surface area (Å²) in [6, 6.07) is 7.69. The lowest BCUT2D eigenvalue weighted by atomic mass is 9.90. The van der Waals surface area contributed by atoms with Gasteiger partial charge in [0.2, 0.25) is 11.6 Å². The van der Waals surface area contributed by atoms with Crippen LogP contribution in [0, 0.1) is 17.8 Å². The minimum absolute atomic E-state index is 0.0779. The second kappa shape index (κ2) is 11.3. The summed E-state index contributed by atoms with van der Waals surface area (Å²) in [4.78, 5) is 32.2. The number of nitrogens with one attached hydrogen (secondary N) is 2. The monoisotopic (exact) mass is 455 g/mol. The molecule has 182 valence electrons. The van der Waals surface area contributed by atoms with Gasteiger partial charge in [0.25, 0.3) is 5.91 Å². The number of nitrogens with zero attached hydrogens (tertiary/aromatic N) is 1. The van der Waals surface area contributed by atoms with Gasteiger partial charge in [-0.3, -0.25) is 14.6 Å².